The zero-order chi connectivity index (χ0) is 28.5. The van der Waals surface area contributed by atoms with Crippen LogP contribution in [-0.4, -0.2) is 0 Å². The van der Waals surface area contributed by atoms with Crippen LogP contribution in [0.2, 0.25) is 0 Å². The van der Waals surface area contributed by atoms with Crippen molar-refractivity contribution in [3.8, 4) is 0 Å². The molecule has 0 aromatic rings. The Balaban J connectivity index is 3.74. The summed E-state index contributed by atoms with van der Waals surface area (Å²) in [6, 6.07) is 0. The lowest BCUT2D eigenvalue weighted by Gasteiger charge is -2.27. The maximum atomic E-state index is 2.42. The molecule has 0 rings (SSSR count). The molecular formula is C39H80. The van der Waals surface area contributed by atoms with Crippen molar-refractivity contribution in [3.63, 3.8) is 0 Å². The zero-order valence-electron chi connectivity index (χ0n) is 28.5. The van der Waals surface area contributed by atoms with Gasteiger partial charge >= 0.3 is 0 Å². The molecule has 0 aliphatic rings. The van der Waals surface area contributed by atoms with E-state index >= 15 is 0 Å². The van der Waals surface area contributed by atoms with E-state index in [0.717, 1.165) is 11.8 Å². The van der Waals surface area contributed by atoms with Crippen molar-refractivity contribution in [2.24, 2.45) is 11.8 Å². The molecule has 0 aliphatic heterocycles. The molecule has 0 aliphatic carbocycles. The van der Waals surface area contributed by atoms with Gasteiger partial charge in [-0.25, -0.2) is 0 Å². The maximum Gasteiger partial charge on any atom is -0.0386 e. The molecule has 0 aromatic heterocycles. The van der Waals surface area contributed by atoms with E-state index < -0.39 is 0 Å². The molecule has 0 aromatic carbocycles. The third-order valence-electron chi connectivity index (χ3n) is 9.61. The summed E-state index contributed by atoms with van der Waals surface area (Å²) in [5.41, 5.74) is 0. The number of rotatable bonds is 34. The van der Waals surface area contributed by atoms with Gasteiger partial charge in [-0.2, -0.15) is 0 Å². The first-order valence-corrected chi connectivity index (χ1v) is 19.3. The van der Waals surface area contributed by atoms with Gasteiger partial charge in [0.2, 0.25) is 0 Å². The fourth-order valence-corrected chi connectivity index (χ4v) is 6.93. The Morgan fingerprint density at radius 3 is 0.667 bits per heavy atom. The summed E-state index contributed by atoms with van der Waals surface area (Å²) in [6.07, 6.45) is 48.7. The summed E-state index contributed by atoms with van der Waals surface area (Å²) in [5.74, 6) is 2.05. The predicted octanol–water partition coefficient (Wildman–Crippen LogP) is 15.2. The Morgan fingerprint density at radius 2 is 0.410 bits per heavy atom. The molecule has 0 heterocycles. The minimum atomic E-state index is 1.02. The third-order valence-corrected chi connectivity index (χ3v) is 9.61. The van der Waals surface area contributed by atoms with E-state index in [4.69, 9.17) is 0 Å². The van der Waals surface area contributed by atoms with Crippen LogP contribution >= 0.6 is 0 Å². The normalized spacial score (nSPS) is 13.2. The fraction of sp³-hybridized carbons (Fsp3) is 1.00. The molecule has 0 N–H and O–H groups in total. The fourth-order valence-electron chi connectivity index (χ4n) is 6.93. The predicted molar refractivity (Wildman–Crippen MR) is 182 cm³/mol. The summed E-state index contributed by atoms with van der Waals surface area (Å²) < 4.78 is 0. The van der Waals surface area contributed by atoms with Crippen molar-refractivity contribution in [2.45, 2.75) is 240 Å². The first-order valence-electron chi connectivity index (χ1n) is 19.3. The van der Waals surface area contributed by atoms with Crippen LogP contribution in [0.1, 0.15) is 240 Å². The molecule has 236 valence electrons. The summed E-state index contributed by atoms with van der Waals surface area (Å²) >= 11 is 0. The van der Waals surface area contributed by atoms with Gasteiger partial charge < -0.3 is 0 Å². The van der Waals surface area contributed by atoms with E-state index in [0.29, 0.717) is 0 Å². The number of hydrogen-bond acceptors (Lipinski definition) is 0. The van der Waals surface area contributed by atoms with Crippen molar-refractivity contribution in [3.05, 3.63) is 0 Å². The third kappa shape index (κ3) is 29.3. The number of hydrogen-bond donors (Lipinski definition) is 0. The molecule has 39 heavy (non-hydrogen) atoms. The van der Waals surface area contributed by atoms with Gasteiger partial charge in [-0.15, -0.1) is 0 Å². The maximum absolute atomic E-state index is 2.42. The Labute approximate surface area is 251 Å². The standard InChI is InChI=1S/C39H80/c1-5-9-12-15-16-17-18-19-20-21-22-23-24-25-26-27-28-29-30-33-37-39(36-32-14-11-7-3)38(34-8-4)35-31-13-10-6-2/h38-39H,5-37H2,1-4H3. The highest BCUT2D eigenvalue weighted by Crippen LogP contribution is 2.33. The van der Waals surface area contributed by atoms with Gasteiger partial charge in [-0.05, 0) is 11.8 Å². The lowest BCUT2D eigenvalue weighted by Crippen LogP contribution is -2.15. The molecule has 0 heteroatoms. The van der Waals surface area contributed by atoms with Crippen LogP contribution < -0.4 is 0 Å². The van der Waals surface area contributed by atoms with E-state index in [1.54, 1.807) is 0 Å². The van der Waals surface area contributed by atoms with Gasteiger partial charge in [0.1, 0.15) is 0 Å². The van der Waals surface area contributed by atoms with E-state index in [1.807, 2.05) is 0 Å². The van der Waals surface area contributed by atoms with Crippen molar-refractivity contribution in [2.75, 3.05) is 0 Å². The topological polar surface area (TPSA) is 0 Å². The summed E-state index contributed by atoms with van der Waals surface area (Å²) in [7, 11) is 0. The minimum Gasteiger partial charge on any atom is -0.0654 e. The largest absolute Gasteiger partial charge is 0.0654 e. The van der Waals surface area contributed by atoms with Crippen LogP contribution in [-0.2, 0) is 0 Å². The van der Waals surface area contributed by atoms with Crippen LogP contribution in [0.3, 0.4) is 0 Å². The SMILES string of the molecule is CCCCCCCCCCCCCCCCCCCCCCC(CCCCCC)C(CCC)CCCCCC. The molecule has 2 unspecified atom stereocenters. The van der Waals surface area contributed by atoms with Crippen LogP contribution in [0.25, 0.3) is 0 Å². The Kier molecular flexibility index (Phi) is 34.2. The first-order chi connectivity index (χ1) is 19.3. The molecule has 0 nitrogen and oxygen atoms in total. The van der Waals surface area contributed by atoms with Gasteiger partial charge in [0.25, 0.3) is 0 Å². The molecule has 0 radical (unpaired) electrons. The van der Waals surface area contributed by atoms with E-state index in [9.17, 15) is 0 Å². The Morgan fingerprint density at radius 1 is 0.205 bits per heavy atom. The second-order valence-electron chi connectivity index (χ2n) is 13.5. The molecule has 0 bridgehead atoms. The molecule has 0 fully saturated rings. The second-order valence-corrected chi connectivity index (χ2v) is 13.5. The van der Waals surface area contributed by atoms with Crippen LogP contribution in [0.15, 0.2) is 0 Å². The summed E-state index contributed by atoms with van der Waals surface area (Å²) in [5, 5.41) is 0. The smallest absolute Gasteiger partial charge is 0.0386 e. The average Bonchev–Trinajstić information content (AvgIpc) is 2.95. The quantitative estimate of drug-likeness (QED) is 0.0701. The molecule has 0 amide bonds. The lowest BCUT2D eigenvalue weighted by atomic mass is 9.78. The molecule has 0 spiro atoms. The Hall–Kier alpha value is 0. The van der Waals surface area contributed by atoms with Gasteiger partial charge in [0.05, 0.1) is 0 Å². The molecule has 0 saturated carbocycles. The van der Waals surface area contributed by atoms with Gasteiger partial charge in [0, 0.05) is 0 Å². The summed E-state index contributed by atoms with van der Waals surface area (Å²) in [4.78, 5) is 0. The Bertz CT molecular complexity index is 412. The van der Waals surface area contributed by atoms with Crippen molar-refractivity contribution < 1.29 is 0 Å². The summed E-state index contributed by atoms with van der Waals surface area (Å²) in [6.45, 7) is 9.43. The number of unbranched alkanes of at least 4 members (excludes halogenated alkanes) is 25. The minimum absolute atomic E-state index is 1.02. The van der Waals surface area contributed by atoms with E-state index in [2.05, 4.69) is 27.7 Å². The van der Waals surface area contributed by atoms with Gasteiger partial charge in [0.15, 0.2) is 0 Å². The van der Waals surface area contributed by atoms with Crippen LogP contribution in [0.4, 0.5) is 0 Å². The highest BCUT2D eigenvalue weighted by molar-refractivity contribution is 4.71. The highest BCUT2D eigenvalue weighted by atomic mass is 14.3. The average molecular weight is 549 g/mol. The zero-order valence-corrected chi connectivity index (χ0v) is 28.5. The molecule has 2 atom stereocenters. The monoisotopic (exact) mass is 549 g/mol. The molecular weight excluding hydrogens is 468 g/mol. The van der Waals surface area contributed by atoms with Gasteiger partial charge in [-0.3, -0.25) is 0 Å². The van der Waals surface area contributed by atoms with E-state index in [-0.39, 0.29) is 0 Å². The van der Waals surface area contributed by atoms with Crippen molar-refractivity contribution in [1.82, 2.24) is 0 Å². The highest BCUT2D eigenvalue weighted by Gasteiger charge is 2.20. The van der Waals surface area contributed by atoms with Crippen molar-refractivity contribution in [1.29, 1.82) is 0 Å². The van der Waals surface area contributed by atoms with Gasteiger partial charge in [-0.1, -0.05) is 240 Å². The molecule has 0 saturated heterocycles. The first kappa shape index (κ1) is 39.0. The van der Waals surface area contributed by atoms with E-state index in [1.165, 1.54) is 212 Å². The lowest BCUT2D eigenvalue weighted by molar-refractivity contribution is 0.241. The van der Waals surface area contributed by atoms with Crippen molar-refractivity contribution >= 4 is 0 Å². The van der Waals surface area contributed by atoms with Crippen LogP contribution in [0.5, 0.6) is 0 Å². The van der Waals surface area contributed by atoms with Crippen LogP contribution in [0, 0.1) is 11.8 Å². The second kappa shape index (κ2) is 34.2.